The molecule has 2 rings (SSSR count). The zero-order valence-corrected chi connectivity index (χ0v) is 15.4. The third-order valence-electron chi connectivity index (χ3n) is 3.44. The van der Waals surface area contributed by atoms with Gasteiger partial charge < -0.3 is 15.0 Å². The van der Waals surface area contributed by atoms with Crippen LogP contribution >= 0.6 is 23.1 Å². The summed E-state index contributed by atoms with van der Waals surface area (Å²) in [5.74, 6) is 2.38. The van der Waals surface area contributed by atoms with E-state index in [1.54, 1.807) is 7.11 Å². The van der Waals surface area contributed by atoms with Crippen LogP contribution in [0.1, 0.15) is 38.3 Å². The third-order valence-corrected chi connectivity index (χ3v) is 5.76. The van der Waals surface area contributed by atoms with E-state index >= 15 is 0 Å². The van der Waals surface area contributed by atoms with Crippen molar-refractivity contribution >= 4 is 28.2 Å². The fourth-order valence-corrected chi connectivity index (χ4v) is 4.38. The molecular formula is C15H27N3OS2. The van der Waals surface area contributed by atoms with Crippen LogP contribution < -0.4 is 10.2 Å². The molecule has 0 radical (unpaired) electrons. The predicted octanol–water partition coefficient (Wildman–Crippen LogP) is 3.12. The average molecular weight is 330 g/mol. The highest BCUT2D eigenvalue weighted by atomic mass is 32.2. The summed E-state index contributed by atoms with van der Waals surface area (Å²) in [6.07, 6.45) is 0. The highest BCUT2D eigenvalue weighted by Crippen LogP contribution is 2.31. The lowest BCUT2D eigenvalue weighted by molar-refractivity contribution is 0.181. The SMILES string of the molecule is COCc1nc(N2CCSCC2C)sc1CNC(C)(C)C. The molecule has 0 amide bonds. The molecule has 2 heterocycles. The maximum atomic E-state index is 5.32. The first-order chi connectivity index (χ1) is 9.90. The van der Waals surface area contributed by atoms with E-state index < -0.39 is 0 Å². The van der Waals surface area contributed by atoms with E-state index in [-0.39, 0.29) is 5.54 Å². The number of hydrogen-bond donors (Lipinski definition) is 1. The Kier molecular flexibility index (Phi) is 5.94. The maximum absolute atomic E-state index is 5.32. The first kappa shape index (κ1) is 17.1. The van der Waals surface area contributed by atoms with Gasteiger partial charge in [0, 0.05) is 48.2 Å². The van der Waals surface area contributed by atoms with Gasteiger partial charge in [-0.25, -0.2) is 4.98 Å². The maximum Gasteiger partial charge on any atom is 0.186 e. The van der Waals surface area contributed by atoms with Crippen LogP contribution in [0.25, 0.3) is 0 Å². The smallest absolute Gasteiger partial charge is 0.186 e. The molecule has 0 spiro atoms. The monoisotopic (exact) mass is 329 g/mol. The van der Waals surface area contributed by atoms with Gasteiger partial charge in [-0.15, -0.1) is 11.3 Å². The highest BCUT2D eigenvalue weighted by molar-refractivity contribution is 7.99. The second-order valence-corrected chi connectivity index (χ2v) is 8.73. The molecule has 1 fully saturated rings. The predicted molar refractivity (Wildman–Crippen MR) is 93.6 cm³/mol. The van der Waals surface area contributed by atoms with E-state index in [9.17, 15) is 0 Å². The zero-order valence-electron chi connectivity index (χ0n) is 13.7. The molecule has 4 nitrogen and oxygen atoms in total. The summed E-state index contributed by atoms with van der Waals surface area (Å²) in [6.45, 7) is 11.4. The summed E-state index contributed by atoms with van der Waals surface area (Å²) in [5, 5.41) is 4.71. The molecule has 1 saturated heterocycles. The van der Waals surface area contributed by atoms with Gasteiger partial charge in [-0.3, -0.25) is 0 Å². The quantitative estimate of drug-likeness (QED) is 0.898. The number of methoxy groups -OCH3 is 1. The number of nitrogens with zero attached hydrogens (tertiary/aromatic N) is 2. The Hall–Kier alpha value is -0.300. The molecule has 1 unspecified atom stereocenters. The molecule has 0 aliphatic carbocycles. The molecular weight excluding hydrogens is 302 g/mol. The van der Waals surface area contributed by atoms with Crippen LogP contribution in [0.3, 0.4) is 0 Å². The summed E-state index contributed by atoms with van der Waals surface area (Å²) in [6, 6.07) is 0.564. The van der Waals surface area contributed by atoms with Crippen molar-refractivity contribution in [1.82, 2.24) is 10.3 Å². The Morgan fingerprint density at radius 2 is 2.19 bits per heavy atom. The number of nitrogens with one attached hydrogen (secondary N) is 1. The van der Waals surface area contributed by atoms with Crippen LogP contribution in [0.15, 0.2) is 0 Å². The second kappa shape index (κ2) is 7.31. The van der Waals surface area contributed by atoms with Gasteiger partial charge in [0.15, 0.2) is 5.13 Å². The second-order valence-electron chi connectivity index (χ2n) is 6.52. The van der Waals surface area contributed by atoms with E-state index in [0.29, 0.717) is 12.6 Å². The fraction of sp³-hybridized carbons (Fsp3) is 0.800. The van der Waals surface area contributed by atoms with Gasteiger partial charge in [0.2, 0.25) is 0 Å². The van der Waals surface area contributed by atoms with Gasteiger partial charge in [-0.05, 0) is 27.7 Å². The minimum Gasteiger partial charge on any atom is -0.378 e. The molecule has 1 aliphatic heterocycles. The summed E-state index contributed by atoms with van der Waals surface area (Å²) >= 11 is 3.85. The van der Waals surface area contributed by atoms with Gasteiger partial charge in [0.05, 0.1) is 12.3 Å². The highest BCUT2D eigenvalue weighted by Gasteiger charge is 2.23. The van der Waals surface area contributed by atoms with Crippen LogP contribution in [-0.4, -0.2) is 41.7 Å². The van der Waals surface area contributed by atoms with Crippen molar-refractivity contribution in [2.24, 2.45) is 0 Å². The standard InChI is InChI=1S/C15H27N3OS2/c1-11-10-20-7-6-18(11)14-17-12(9-19-5)13(21-14)8-16-15(2,3)4/h11,16H,6-10H2,1-5H3. The molecule has 0 saturated carbocycles. The Balaban J connectivity index is 2.15. The Morgan fingerprint density at radius 1 is 1.43 bits per heavy atom. The lowest BCUT2D eigenvalue weighted by Gasteiger charge is -2.32. The van der Waals surface area contributed by atoms with Gasteiger partial charge in [0.25, 0.3) is 0 Å². The summed E-state index contributed by atoms with van der Waals surface area (Å²) in [7, 11) is 1.74. The summed E-state index contributed by atoms with van der Waals surface area (Å²) < 4.78 is 5.32. The lowest BCUT2D eigenvalue weighted by atomic mass is 10.1. The minimum absolute atomic E-state index is 0.115. The Bertz CT molecular complexity index is 456. The average Bonchev–Trinajstić information content (AvgIpc) is 2.80. The fourth-order valence-electron chi connectivity index (χ4n) is 2.24. The van der Waals surface area contributed by atoms with E-state index in [0.717, 1.165) is 23.9 Å². The van der Waals surface area contributed by atoms with E-state index in [2.05, 4.69) is 37.9 Å². The molecule has 0 bridgehead atoms. The number of aromatic nitrogens is 1. The molecule has 21 heavy (non-hydrogen) atoms. The van der Waals surface area contributed by atoms with Gasteiger partial charge in [-0.1, -0.05) is 0 Å². The van der Waals surface area contributed by atoms with Crippen LogP contribution in [0.5, 0.6) is 0 Å². The van der Waals surface area contributed by atoms with Gasteiger partial charge >= 0.3 is 0 Å². The minimum atomic E-state index is 0.115. The van der Waals surface area contributed by atoms with E-state index in [1.165, 1.54) is 16.4 Å². The first-order valence-corrected chi connectivity index (χ1v) is 9.45. The first-order valence-electron chi connectivity index (χ1n) is 7.47. The molecule has 6 heteroatoms. The summed E-state index contributed by atoms with van der Waals surface area (Å²) in [5.41, 5.74) is 1.20. The number of rotatable bonds is 5. The van der Waals surface area contributed by atoms with Gasteiger partial charge in [0.1, 0.15) is 0 Å². The van der Waals surface area contributed by atoms with Crippen molar-refractivity contribution in [2.45, 2.75) is 52.4 Å². The molecule has 1 N–H and O–H groups in total. The molecule has 1 aromatic rings. The Labute approximate surface area is 136 Å². The molecule has 120 valence electrons. The van der Waals surface area contributed by atoms with E-state index in [4.69, 9.17) is 9.72 Å². The van der Waals surface area contributed by atoms with Crippen LogP contribution in [0.2, 0.25) is 0 Å². The summed E-state index contributed by atoms with van der Waals surface area (Å²) in [4.78, 5) is 8.59. The number of ether oxygens (including phenoxy) is 1. The third kappa shape index (κ3) is 4.84. The van der Waals surface area contributed by atoms with Crippen LogP contribution in [0, 0.1) is 0 Å². The molecule has 0 aromatic carbocycles. The topological polar surface area (TPSA) is 37.4 Å². The zero-order chi connectivity index (χ0) is 15.5. The van der Waals surface area contributed by atoms with Crippen molar-refractivity contribution in [3.8, 4) is 0 Å². The molecule has 1 atom stereocenters. The molecule has 1 aliphatic rings. The van der Waals surface area contributed by atoms with Crippen molar-refractivity contribution in [3.63, 3.8) is 0 Å². The number of thiazole rings is 1. The number of thioether (sulfide) groups is 1. The van der Waals surface area contributed by atoms with Crippen molar-refractivity contribution < 1.29 is 4.74 Å². The molecule has 1 aromatic heterocycles. The van der Waals surface area contributed by atoms with Crippen LogP contribution in [0.4, 0.5) is 5.13 Å². The van der Waals surface area contributed by atoms with Crippen LogP contribution in [-0.2, 0) is 17.9 Å². The van der Waals surface area contributed by atoms with Gasteiger partial charge in [-0.2, -0.15) is 11.8 Å². The number of hydrogen-bond acceptors (Lipinski definition) is 6. The van der Waals surface area contributed by atoms with Crippen molar-refractivity contribution in [3.05, 3.63) is 10.6 Å². The largest absolute Gasteiger partial charge is 0.378 e. The van der Waals surface area contributed by atoms with Crippen molar-refractivity contribution in [1.29, 1.82) is 0 Å². The van der Waals surface area contributed by atoms with Crippen molar-refractivity contribution in [2.75, 3.05) is 30.1 Å². The lowest BCUT2D eigenvalue weighted by Crippen LogP contribution is -2.40. The Morgan fingerprint density at radius 3 is 2.81 bits per heavy atom. The normalized spacial score (nSPS) is 20.0. The van der Waals surface area contributed by atoms with E-state index in [1.807, 2.05) is 23.1 Å². The number of anilines is 1.